The van der Waals surface area contributed by atoms with Crippen LogP contribution in [0.2, 0.25) is 0 Å². The zero-order valence-corrected chi connectivity index (χ0v) is 21.6. The predicted molar refractivity (Wildman–Crippen MR) is 146 cm³/mol. The third-order valence-corrected chi connectivity index (χ3v) is 7.30. The molecule has 5 nitrogen and oxygen atoms in total. The number of fused-ring (bicyclic) bond motifs is 1. The molecule has 3 aromatic carbocycles. The van der Waals surface area contributed by atoms with E-state index < -0.39 is 0 Å². The van der Waals surface area contributed by atoms with E-state index in [1.807, 2.05) is 60.4 Å². The van der Waals surface area contributed by atoms with Crippen LogP contribution in [0.1, 0.15) is 63.9 Å². The van der Waals surface area contributed by atoms with Crippen LogP contribution in [0.5, 0.6) is 0 Å². The molecule has 0 spiro atoms. The van der Waals surface area contributed by atoms with Gasteiger partial charge in [-0.2, -0.15) is 0 Å². The summed E-state index contributed by atoms with van der Waals surface area (Å²) < 4.78 is 6.26. The van der Waals surface area contributed by atoms with E-state index in [0.717, 1.165) is 42.4 Å². The fourth-order valence-electron chi connectivity index (χ4n) is 5.24. The summed E-state index contributed by atoms with van der Waals surface area (Å²) in [6, 6.07) is 23.9. The fourth-order valence-corrected chi connectivity index (χ4v) is 5.24. The maximum absolute atomic E-state index is 13.6. The van der Waals surface area contributed by atoms with Gasteiger partial charge < -0.3 is 15.0 Å². The summed E-state index contributed by atoms with van der Waals surface area (Å²) in [4.78, 5) is 28.2. The third-order valence-electron chi connectivity index (χ3n) is 7.30. The summed E-state index contributed by atoms with van der Waals surface area (Å²) in [5.41, 5.74) is 6.00. The molecule has 1 aliphatic carbocycles. The molecule has 1 saturated heterocycles. The van der Waals surface area contributed by atoms with Crippen LogP contribution in [-0.4, -0.2) is 28.9 Å². The molecule has 2 unspecified atom stereocenters. The van der Waals surface area contributed by atoms with Crippen LogP contribution < -0.4 is 5.32 Å². The number of nitrogens with one attached hydrogen (secondary N) is 1. The quantitative estimate of drug-likeness (QED) is 0.431. The first-order valence-electron chi connectivity index (χ1n) is 13.1. The number of carbonyl (C=O) groups is 2. The molecule has 1 heterocycles. The summed E-state index contributed by atoms with van der Waals surface area (Å²) in [5.74, 6) is 0.191. The van der Waals surface area contributed by atoms with Gasteiger partial charge in [0.2, 0.25) is 0 Å². The lowest BCUT2D eigenvalue weighted by molar-refractivity contribution is -0.149. The number of nitrogens with zero attached hydrogens (tertiary/aromatic N) is 1. The van der Waals surface area contributed by atoms with E-state index in [-0.39, 0.29) is 24.0 Å². The number of amides is 2. The van der Waals surface area contributed by atoms with E-state index in [4.69, 9.17) is 4.74 Å². The zero-order valence-electron chi connectivity index (χ0n) is 21.6. The highest BCUT2D eigenvalue weighted by molar-refractivity contribution is 5.97. The summed E-state index contributed by atoms with van der Waals surface area (Å²) >= 11 is 0. The van der Waals surface area contributed by atoms with Crippen molar-refractivity contribution in [1.29, 1.82) is 0 Å². The molecule has 5 rings (SSSR count). The number of carbonyl (C=O) groups excluding carboxylic acids is 2. The standard InChI is InChI=1S/C32H34N2O3/c1-22-10-12-25(13-11-22)20-33-31(35)27-16-14-24(15-17-27)19-30-32(36)34(21-26-7-5-6-23(2)18-26)28-8-3-4-9-29(28)37-30/h5-7,10-19,28-29H,3-4,8-9,20-21H2,1-2H3,(H,33,35)/b30-19+. The van der Waals surface area contributed by atoms with Gasteiger partial charge in [-0.1, -0.05) is 78.2 Å². The van der Waals surface area contributed by atoms with Crippen LogP contribution >= 0.6 is 0 Å². The normalized spacial score (nSPS) is 20.3. The van der Waals surface area contributed by atoms with Crippen molar-refractivity contribution in [1.82, 2.24) is 10.2 Å². The molecule has 2 atom stereocenters. The van der Waals surface area contributed by atoms with E-state index in [2.05, 4.69) is 30.4 Å². The molecular weight excluding hydrogens is 460 g/mol. The average Bonchev–Trinajstić information content (AvgIpc) is 2.91. The lowest BCUT2D eigenvalue weighted by Gasteiger charge is -2.44. The summed E-state index contributed by atoms with van der Waals surface area (Å²) in [6.45, 7) is 5.18. The minimum absolute atomic E-state index is 0.0225. The van der Waals surface area contributed by atoms with Gasteiger partial charge >= 0.3 is 0 Å². The molecule has 190 valence electrons. The number of hydrogen-bond acceptors (Lipinski definition) is 3. The van der Waals surface area contributed by atoms with Crippen molar-refractivity contribution in [2.45, 2.75) is 64.8 Å². The highest BCUT2D eigenvalue weighted by atomic mass is 16.5. The van der Waals surface area contributed by atoms with E-state index in [1.54, 1.807) is 12.1 Å². The Kier molecular flexibility index (Phi) is 7.40. The molecule has 2 amide bonds. The van der Waals surface area contributed by atoms with Gasteiger partial charge in [0, 0.05) is 18.7 Å². The number of hydrogen-bond donors (Lipinski definition) is 1. The van der Waals surface area contributed by atoms with Crippen molar-refractivity contribution in [3.8, 4) is 0 Å². The Morgan fingerprint density at radius 3 is 2.46 bits per heavy atom. The zero-order chi connectivity index (χ0) is 25.8. The Hall–Kier alpha value is -3.86. The second kappa shape index (κ2) is 11.0. The molecule has 1 N–H and O–H groups in total. The lowest BCUT2D eigenvalue weighted by atomic mass is 9.89. The van der Waals surface area contributed by atoms with E-state index in [1.165, 1.54) is 11.1 Å². The Balaban J connectivity index is 1.29. The first kappa shape index (κ1) is 24.8. The Morgan fingerprint density at radius 1 is 0.946 bits per heavy atom. The summed E-state index contributed by atoms with van der Waals surface area (Å²) in [7, 11) is 0. The molecule has 5 heteroatoms. The monoisotopic (exact) mass is 494 g/mol. The van der Waals surface area contributed by atoms with Crippen molar-refractivity contribution in [2.24, 2.45) is 0 Å². The molecule has 37 heavy (non-hydrogen) atoms. The largest absolute Gasteiger partial charge is 0.482 e. The molecule has 3 aromatic rings. The predicted octanol–water partition coefficient (Wildman–Crippen LogP) is 5.94. The van der Waals surface area contributed by atoms with Gasteiger partial charge in [-0.25, -0.2) is 0 Å². The van der Waals surface area contributed by atoms with Gasteiger partial charge in [0.1, 0.15) is 6.10 Å². The number of aryl methyl sites for hydroxylation is 2. The van der Waals surface area contributed by atoms with Gasteiger partial charge in [-0.3, -0.25) is 9.59 Å². The number of benzene rings is 3. The fraction of sp³-hybridized carbons (Fsp3) is 0.312. The number of morpholine rings is 1. The minimum atomic E-state index is -0.126. The molecular formula is C32H34N2O3. The first-order valence-corrected chi connectivity index (χ1v) is 13.1. The van der Waals surface area contributed by atoms with Crippen molar-refractivity contribution in [3.63, 3.8) is 0 Å². The van der Waals surface area contributed by atoms with Crippen LogP contribution in [0.4, 0.5) is 0 Å². The van der Waals surface area contributed by atoms with Crippen LogP contribution in [-0.2, 0) is 22.6 Å². The van der Waals surface area contributed by atoms with Crippen LogP contribution in [0.3, 0.4) is 0 Å². The first-order chi connectivity index (χ1) is 18.0. The van der Waals surface area contributed by atoms with Crippen molar-refractivity contribution in [2.75, 3.05) is 0 Å². The highest BCUT2D eigenvalue weighted by Crippen LogP contribution is 2.34. The topological polar surface area (TPSA) is 58.6 Å². The smallest absolute Gasteiger partial charge is 0.289 e. The van der Waals surface area contributed by atoms with Crippen LogP contribution in [0, 0.1) is 13.8 Å². The average molecular weight is 495 g/mol. The SMILES string of the molecule is Cc1ccc(CNC(=O)c2ccc(/C=C3/OC4CCCCC4N(Cc4cccc(C)c4)C3=O)cc2)cc1. The van der Waals surface area contributed by atoms with Crippen LogP contribution in [0.25, 0.3) is 6.08 Å². The summed E-state index contributed by atoms with van der Waals surface area (Å²) in [6.07, 6.45) is 6.00. The van der Waals surface area contributed by atoms with Crippen LogP contribution in [0.15, 0.2) is 78.6 Å². The third kappa shape index (κ3) is 5.93. The van der Waals surface area contributed by atoms with E-state index in [0.29, 0.717) is 24.4 Å². The van der Waals surface area contributed by atoms with Crippen molar-refractivity contribution >= 4 is 17.9 Å². The van der Waals surface area contributed by atoms with E-state index in [9.17, 15) is 9.59 Å². The molecule has 0 bridgehead atoms. The Labute approximate surface area is 219 Å². The number of rotatable bonds is 6. The lowest BCUT2D eigenvalue weighted by Crippen LogP contribution is -2.54. The molecule has 2 fully saturated rings. The minimum Gasteiger partial charge on any atom is -0.482 e. The second-order valence-corrected chi connectivity index (χ2v) is 10.2. The van der Waals surface area contributed by atoms with E-state index >= 15 is 0 Å². The summed E-state index contributed by atoms with van der Waals surface area (Å²) in [5, 5.41) is 2.97. The van der Waals surface area contributed by atoms with Gasteiger partial charge in [0.05, 0.1) is 6.04 Å². The maximum Gasteiger partial charge on any atom is 0.289 e. The van der Waals surface area contributed by atoms with Gasteiger partial charge in [0.25, 0.3) is 11.8 Å². The van der Waals surface area contributed by atoms with Gasteiger partial charge in [-0.15, -0.1) is 0 Å². The highest BCUT2D eigenvalue weighted by Gasteiger charge is 2.41. The Morgan fingerprint density at radius 2 is 1.70 bits per heavy atom. The van der Waals surface area contributed by atoms with Gasteiger partial charge in [0.15, 0.2) is 5.76 Å². The van der Waals surface area contributed by atoms with Crippen molar-refractivity contribution < 1.29 is 14.3 Å². The van der Waals surface area contributed by atoms with Gasteiger partial charge in [-0.05, 0) is 68.0 Å². The maximum atomic E-state index is 13.6. The molecule has 1 saturated carbocycles. The number of ether oxygens (including phenoxy) is 1. The molecule has 2 aliphatic rings. The molecule has 0 radical (unpaired) electrons. The second-order valence-electron chi connectivity index (χ2n) is 10.2. The Bertz CT molecular complexity index is 1290. The molecule has 1 aliphatic heterocycles. The van der Waals surface area contributed by atoms with Crippen molar-refractivity contribution in [3.05, 3.63) is 112 Å². The molecule has 0 aromatic heterocycles.